The van der Waals surface area contributed by atoms with Gasteiger partial charge in [0.05, 0.1) is 0 Å². The Bertz CT molecular complexity index is 2210. The zero-order valence-corrected chi connectivity index (χ0v) is 48.0. The van der Waals surface area contributed by atoms with E-state index in [1.54, 1.807) is 0 Å². The van der Waals surface area contributed by atoms with Crippen molar-refractivity contribution >= 4 is 0 Å². The van der Waals surface area contributed by atoms with Crippen LogP contribution in [0.2, 0.25) is 0 Å². The first-order chi connectivity index (χ1) is 36.4. The molecule has 9 rings (SSSR count). The van der Waals surface area contributed by atoms with Gasteiger partial charge in [-0.3, -0.25) is 0 Å². The number of benzene rings is 4. The van der Waals surface area contributed by atoms with Crippen LogP contribution in [0.5, 0.6) is 0 Å². The first kappa shape index (κ1) is 56.4. The fourth-order valence-electron chi connectivity index (χ4n) is 15.4. The molecule has 1 unspecified atom stereocenters. The minimum atomic E-state index is -1.66. The highest BCUT2D eigenvalue weighted by Crippen LogP contribution is 2.52. The quantitative estimate of drug-likeness (QED) is 0.0770. The second-order valence-corrected chi connectivity index (χ2v) is 26.1. The van der Waals surface area contributed by atoms with Crippen LogP contribution in [0.3, 0.4) is 0 Å². The van der Waals surface area contributed by atoms with Crippen LogP contribution < -0.4 is 0 Å². The molecule has 1 heterocycles. The van der Waals surface area contributed by atoms with Gasteiger partial charge in [0.15, 0.2) is 5.79 Å². The van der Waals surface area contributed by atoms with Gasteiger partial charge in [0, 0.05) is 0 Å². The number of hydrogen-bond donors (Lipinski definition) is 2. The van der Waals surface area contributed by atoms with Crippen LogP contribution in [0.4, 0.5) is 0 Å². The number of ether oxygens (including phenoxy) is 2. The van der Waals surface area contributed by atoms with Gasteiger partial charge in [-0.2, -0.15) is 0 Å². The van der Waals surface area contributed by atoms with Gasteiger partial charge < -0.3 is 19.7 Å². The number of hydrogen-bond acceptors (Lipinski definition) is 4. The average molecular weight is 1020 g/mol. The molecule has 5 aliphatic rings. The maximum atomic E-state index is 14.2. The highest BCUT2D eigenvalue weighted by atomic mass is 16.8. The Kier molecular flexibility index (Phi) is 19.7. The van der Waals surface area contributed by atoms with Gasteiger partial charge in [-0.1, -0.05) is 215 Å². The third-order valence-electron chi connectivity index (χ3n) is 20.4. The molecule has 4 nitrogen and oxygen atoms in total. The van der Waals surface area contributed by atoms with Crippen LogP contribution in [0, 0.1) is 23.7 Å². The number of unbranched alkanes of at least 4 members (excludes halogenated alkanes) is 6. The van der Waals surface area contributed by atoms with Gasteiger partial charge in [0.25, 0.3) is 0 Å². The second-order valence-electron chi connectivity index (χ2n) is 26.1. The molecule has 2 N–H and O–H groups in total. The predicted molar refractivity (Wildman–Crippen MR) is 312 cm³/mol. The highest BCUT2D eigenvalue weighted by Gasteiger charge is 2.61. The van der Waals surface area contributed by atoms with Crippen molar-refractivity contribution in [2.24, 2.45) is 23.7 Å². The lowest BCUT2D eigenvalue weighted by Crippen LogP contribution is -2.55. The fourth-order valence-corrected chi connectivity index (χ4v) is 15.4. The van der Waals surface area contributed by atoms with E-state index in [0.29, 0.717) is 23.7 Å². The average Bonchev–Trinajstić information content (AvgIpc) is 3.87. The normalized spacial score (nSPS) is 29.9. The summed E-state index contributed by atoms with van der Waals surface area (Å²) in [6, 6.07) is 35.6. The molecule has 4 heteroatoms. The molecule has 4 aromatic carbocycles. The minimum absolute atomic E-state index is 0.528. The predicted octanol–water partition coefficient (Wildman–Crippen LogP) is 19.2. The Morgan fingerprint density at radius 1 is 0.373 bits per heavy atom. The van der Waals surface area contributed by atoms with E-state index < -0.39 is 29.2 Å². The highest BCUT2D eigenvalue weighted by molar-refractivity contribution is 5.46. The molecule has 0 aromatic heterocycles. The lowest BCUT2D eigenvalue weighted by molar-refractivity contribution is -0.172. The monoisotopic (exact) mass is 1020 g/mol. The molecule has 0 radical (unpaired) electrons. The molecule has 4 saturated carbocycles. The standard InChI is InChI=1S/C71H102O4/c1-7-10-13-16-52-21-29-56(30-22-52)60-37-45-64(46-38-60)70(72,63-43-35-59(36-44-63)55-27-19-51(4)20-28-55)67-68(75-69(5,6)74-67)71(73,65-47-39-61(40-48-65)57-31-23-53(24-32-57)17-14-11-8-2)66-49-41-62(42-50-66)58-33-25-54(26-34-58)18-15-12-9-3/h35-58,67-68,72-73H,7-34H2,1-6H3/t51?,52?,53?,54?,55?,56?,57?,58?,67-,68-,70?,71?/m1/s1. The Morgan fingerprint density at radius 2 is 0.613 bits per heavy atom. The Balaban J connectivity index is 1.07. The van der Waals surface area contributed by atoms with Crippen molar-refractivity contribution in [3.8, 4) is 0 Å². The van der Waals surface area contributed by atoms with Gasteiger partial charge in [-0.05, 0) is 196 Å². The smallest absolute Gasteiger partial charge is 0.164 e. The van der Waals surface area contributed by atoms with E-state index in [-0.39, 0.29) is 0 Å². The van der Waals surface area contributed by atoms with Crippen LogP contribution in [-0.4, -0.2) is 28.2 Å². The van der Waals surface area contributed by atoms with Crippen molar-refractivity contribution in [3.63, 3.8) is 0 Å². The summed E-state index contributed by atoms with van der Waals surface area (Å²) < 4.78 is 14.4. The third kappa shape index (κ3) is 13.4. The van der Waals surface area contributed by atoms with E-state index >= 15 is 0 Å². The minimum Gasteiger partial charge on any atom is -0.378 e. The number of rotatable bonds is 22. The van der Waals surface area contributed by atoms with Crippen LogP contribution in [-0.2, 0) is 20.7 Å². The molecule has 0 bridgehead atoms. The zero-order chi connectivity index (χ0) is 52.4. The third-order valence-corrected chi connectivity index (χ3v) is 20.4. The Hall–Kier alpha value is -3.28. The lowest BCUT2D eigenvalue weighted by atomic mass is 9.70. The summed E-state index contributed by atoms with van der Waals surface area (Å²) in [4.78, 5) is 0. The van der Waals surface area contributed by atoms with E-state index in [9.17, 15) is 10.2 Å². The van der Waals surface area contributed by atoms with Crippen molar-refractivity contribution in [2.45, 2.75) is 274 Å². The summed E-state index contributed by atoms with van der Waals surface area (Å²) >= 11 is 0. The van der Waals surface area contributed by atoms with Crippen molar-refractivity contribution in [1.82, 2.24) is 0 Å². The van der Waals surface area contributed by atoms with E-state index in [2.05, 4.69) is 125 Å². The summed E-state index contributed by atoms with van der Waals surface area (Å²) in [5, 5.41) is 28.4. The molecule has 3 atom stereocenters. The van der Waals surface area contributed by atoms with Gasteiger partial charge in [-0.15, -0.1) is 0 Å². The van der Waals surface area contributed by atoms with Crippen molar-refractivity contribution in [3.05, 3.63) is 142 Å². The summed E-state index contributed by atoms with van der Waals surface area (Å²) in [7, 11) is 0. The van der Waals surface area contributed by atoms with Crippen molar-refractivity contribution in [1.29, 1.82) is 0 Å². The lowest BCUT2D eigenvalue weighted by Gasteiger charge is -2.43. The van der Waals surface area contributed by atoms with Crippen LogP contribution >= 0.6 is 0 Å². The molecular weight excluding hydrogens is 917 g/mol. The molecule has 0 amide bonds. The molecule has 1 aliphatic heterocycles. The van der Waals surface area contributed by atoms with E-state index in [1.165, 1.54) is 202 Å². The van der Waals surface area contributed by atoms with E-state index in [4.69, 9.17) is 9.47 Å². The molecule has 5 fully saturated rings. The summed E-state index contributed by atoms with van der Waals surface area (Å²) in [5.74, 6) is 4.35. The van der Waals surface area contributed by atoms with Crippen molar-refractivity contribution < 1.29 is 19.7 Å². The number of aliphatic hydroxyl groups is 2. The first-order valence-electron chi connectivity index (χ1n) is 31.6. The topological polar surface area (TPSA) is 58.9 Å². The molecule has 75 heavy (non-hydrogen) atoms. The molecule has 4 aliphatic carbocycles. The fraction of sp³-hybridized carbons (Fsp3) is 0.662. The Morgan fingerprint density at radius 3 is 0.853 bits per heavy atom. The van der Waals surface area contributed by atoms with E-state index in [1.807, 2.05) is 13.8 Å². The molecule has 4 aromatic rings. The SMILES string of the molecule is CCCCCC1CCC(c2ccc(C(O)(c3ccc(C4CCC(C)CC4)cc3)[C@@H]3OC(C)(C)O[C@H]3C(O)(c3ccc(C4CCC(CCCCC)CC4)cc3)c3ccc(C4CCC(CCCCC)CC4)cc3)cc2)CC1. The molecule has 0 spiro atoms. The molecule has 1 saturated heterocycles. The van der Waals surface area contributed by atoms with Gasteiger partial charge >= 0.3 is 0 Å². The second kappa shape index (κ2) is 26.1. The van der Waals surface area contributed by atoms with Crippen LogP contribution in [0.15, 0.2) is 97.1 Å². The summed E-state index contributed by atoms with van der Waals surface area (Å²) in [6.45, 7) is 13.2. The van der Waals surface area contributed by atoms with Crippen LogP contribution in [0.25, 0.3) is 0 Å². The maximum Gasteiger partial charge on any atom is 0.164 e. The summed E-state index contributed by atoms with van der Waals surface area (Å²) in [6.07, 6.45) is 34.2. The first-order valence-corrected chi connectivity index (χ1v) is 31.6. The van der Waals surface area contributed by atoms with Gasteiger partial charge in [0.2, 0.25) is 0 Å². The summed E-state index contributed by atoms with van der Waals surface area (Å²) in [5.41, 5.74) is 5.23. The molecular formula is C71H102O4. The largest absolute Gasteiger partial charge is 0.378 e. The van der Waals surface area contributed by atoms with Gasteiger partial charge in [0.1, 0.15) is 23.4 Å². The maximum absolute atomic E-state index is 14.2. The van der Waals surface area contributed by atoms with E-state index in [0.717, 1.165) is 45.9 Å². The van der Waals surface area contributed by atoms with Crippen LogP contribution in [0.1, 0.15) is 290 Å². The molecule has 410 valence electrons. The van der Waals surface area contributed by atoms with Crippen molar-refractivity contribution in [2.75, 3.05) is 0 Å². The Labute approximate surface area is 457 Å². The van der Waals surface area contributed by atoms with Gasteiger partial charge in [-0.25, -0.2) is 0 Å². The zero-order valence-electron chi connectivity index (χ0n) is 48.0.